The second-order valence-corrected chi connectivity index (χ2v) is 7.59. The number of rotatable bonds is 11. The third kappa shape index (κ3) is 6.42. The molecule has 2 aromatic carbocycles. The average Bonchev–Trinajstić information content (AvgIpc) is 3.11. The van der Waals surface area contributed by atoms with Gasteiger partial charge in [-0.25, -0.2) is 5.48 Å². The number of nitrogens with zero attached hydrogens (tertiary/aromatic N) is 2. The summed E-state index contributed by atoms with van der Waals surface area (Å²) in [5.41, 5.74) is 5.90. The van der Waals surface area contributed by atoms with Gasteiger partial charge in [0.25, 0.3) is 5.91 Å². The number of nitrogen functional groups attached to an aromatic ring is 1. The molecule has 7 heteroatoms. The number of unbranched alkanes of at least 4 members (excludes halogenated alkanes) is 1. The van der Waals surface area contributed by atoms with Crippen LogP contribution in [0.1, 0.15) is 29.5 Å². The Balaban J connectivity index is 1.50. The lowest BCUT2D eigenvalue weighted by molar-refractivity contribution is -0.124. The van der Waals surface area contributed by atoms with E-state index in [0.29, 0.717) is 6.54 Å². The molecule has 0 spiro atoms. The van der Waals surface area contributed by atoms with Gasteiger partial charge in [0.15, 0.2) is 0 Å². The zero-order valence-corrected chi connectivity index (χ0v) is 17.6. The van der Waals surface area contributed by atoms with E-state index in [0.717, 1.165) is 49.0 Å². The second kappa shape index (κ2) is 11.3. The number of para-hydroxylation sites is 1. The lowest BCUT2D eigenvalue weighted by Gasteiger charge is -2.21. The van der Waals surface area contributed by atoms with Crippen molar-refractivity contribution < 1.29 is 15.1 Å². The molecule has 0 unspecified atom stereocenters. The van der Waals surface area contributed by atoms with E-state index in [1.807, 2.05) is 48.7 Å². The highest BCUT2D eigenvalue weighted by Crippen LogP contribution is 2.21. The van der Waals surface area contributed by atoms with E-state index in [1.54, 1.807) is 16.2 Å². The third-order valence-corrected chi connectivity index (χ3v) is 5.33. The fourth-order valence-corrected chi connectivity index (χ4v) is 3.74. The number of aliphatic hydroxyl groups excluding tert-OH is 1. The molecule has 0 aliphatic heterocycles. The average molecular weight is 423 g/mol. The maximum absolute atomic E-state index is 11.1. The largest absolute Gasteiger partial charge is 0.395 e. The van der Waals surface area contributed by atoms with Crippen molar-refractivity contribution in [2.24, 2.45) is 0 Å². The van der Waals surface area contributed by atoms with Gasteiger partial charge in [0.2, 0.25) is 0 Å². The highest BCUT2D eigenvalue weighted by atomic mass is 16.5. The van der Waals surface area contributed by atoms with E-state index in [2.05, 4.69) is 11.0 Å². The van der Waals surface area contributed by atoms with Crippen LogP contribution >= 0.6 is 0 Å². The van der Waals surface area contributed by atoms with Crippen molar-refractivity contribution in [3.63, 3.8) is 0 Å². The lowest BCUT2D eigenvalue weighted by Crippen LogP contribution is -2.27. The van der Waals surface area contributed by atoms with Gasteiger partial charge in [-0.3, -0.25) is 19.6 Å². The minimum atomic E-state index is -0.561. The number of benzene rings is 2. The Morgan fingerprint density at radius 2 is 1.87 bits per heavy atom. The van der Waals surface area contributed by atoms with E-state index in [4.69, 9.17) is 11.0 Å². The number of carbonyl (C=O) groups excluding carboxylic acids is 1. The Morgan fingerprint density at radius 3 is 2.61 bits per heavy atom. The van der Waals surface area contributed by atoms with Gasteiger partial charge in [-0.1, -0.05) is 42.5 Å². The van der Waals surface area contributed by atoms with Crippen LogP contribution in [0.4, 0.5) is 0 Å². The number of hydroxylamine groups is 1. The Hall–Kier alpha value is -3.13. The summed E-state index contributed by atoms with van der Waals surface area (Å²) in [6, 6.07) is 16.1. The highest BCUT2D eigenvalue weighted by molar-refractivity contribution is 5.90. The molecule has 0 bridgehead atoms. The maximum Gasteiger partial charge on any atom is 0.267 e. The number of hydrogen-bond donors (Lipinski definition) is 4. The molecular formula is C24H30N4O3. The Bertz CT molecular complexity index is 1010. The minimum Gasteiger partial charge on any atom is -0.395 e. The van der Waals surface area contributed by atoms with Crippen LogP contribution in [-0.2, 0) is 17.8 Å². The molecule has 3 rings (SSSR count). The second-order valence-electron chi connectivity index (χ2n) is 7.59. The summed E-state index contributed by atoms with van der Waals surface area (Å²) in [6.45, 7) is 2.40. The monoisotopic (exact) mass is 422 g/mol. The molecule has 0 aliphatic rings. The predicted molar refractivity (Wildman–Crippen MR) is 123 cm³/mol. The number of carbonyl (C=O) groups is 1. The Labute approximate surface area is 182 Å². The molecule has 0 radical (unpaired) electrons. The van der Waals surface area contributed by atoms with Crippen LogP contribution in [0.5, 0.6) is 0 Å². The van der Waals surface area contributed by atoms with Gasteiger partial charge >= 0.3 is 0 Å². The van der Waals surface area contributed by atoms with E-state index < -0.39 is 5.91 Å². The molecule has 0 fully saturated rings. The van der Waals surface area contributed by atoms with E-state index in [-0.39, 0.29) is 6.61 Å². The quantitative estimate of drug-likeness (QED) is 0.125. The zero-order chi connectivity index (χ0) is 22.1. The summed E-state index contributed by atoms with van der Waals surface area (Å²) in [5.74, 6) is 5.49. The van der Waals surface area contributed by atoms with E-state index >= 15 is 0 Å². The first-order valence-electron chi connectivity index (χ1n) is 10.5. The number of aryl methyl sites for hydroxylation is 1. The SMILES string of the molecule is Nn1cc(CCCCN(CCO)Cc2ccc(/C=C/C(=O)NO)cc2)c2ccccc21. The molecule has 0 saturated carbocycles. The number of hydrogen-bond acceptors (Lipinski definition) is 5. The summed E-state index contributed by atoms with van der Waals surface area (Å²) in [6.07, 6.45) is 7.97. The van der Waals surface area contributed by atoms with Crippen LogP contribution in [0, 0.1) is 0 Å². The summed E-state index contributed by atoms with van der Waals surface area (Å²) in [7, 11) is 0. The van der Waals surface area contributed by atoms with Crippen LogP contribution in [0.25, 0.3) is 17.0 Å². The molecule has 1 heterocycles. The number of aromatic nitrogens is 1. The fraction of sp³-hybridized carbons (Fsp3) is 0.292. The van der Waals surface area contributed by atoms with Gasteiger partial charge in [0.1, 0.15) is 0 Å². The number of amides is 1. The smallest absolute Gasteiger partial charge is 0.267 e. The zero-order valence-electron chi connectivity index (χ0n) is 17.6. The topological polar surface area (TPSA) is 104 Å². The number of nitrogens with one attached hydrogen (secondary N) is 1. The summed E-state index contributed by atoms with van der Waals surface area (Å²) >= 11 is 0. The molecule has 7 nitrogen and oxygen atoms in total. The molecule has 1 amide bonds. The van der Waals surface area contributed by atoms with Crippen molar-refractivity contribution in [2.75, 3.05) is 25.5 Å². The number of fused-ring (bicyclic) bond motifs is 1. The van der Waals surface area contributed by atoms with Gasteiger partial charge in [-0.05, 0) is 54.6 Å². The standard InChI is InChI=1S/C24H30N4O3/c25-28-18-21(22-6-1-2-7-23(22)28)5-3-4-14-27(15-16-29)17-20-10-8-19(9-11-20)12-13-24(30)26-31/h1-2,6-13,18,29,31H,3-5,14-17,25H2,(H,26,30)/b13-12+. The summed E-state index contributed by atoms with van der Waals surface area (Å²) < 4.78 is 1.69. The molecular weight excluding hydrogens is 392 g/mol. The van der Waals surface area contributed by atoms with Crippen molar-refractivity contribution in [1.29, 1.82) is 0 Å². The Morgan fingerprint density at radius 1 is 1.10 bits per heavy atom. The van der Waals surface area contributed by atoms with E-state index in [1.165, 1.54) is 17.0 Å². The number of aliphatic hydroxyl groups is 1. The first kappa shape index (κ1) is 22.6. The van der Waals surface area contributed by atoms with Crippen LogP contribution in [0.15, 0.2) is 60.8 Å². The molecule has 3 aromatic rings. The van der Waals surface area contributed by atoms with Crippen molar-refractivity contribution in [3.05, 3.63) is 77.5 Å². The van der Waals surface area contributed by atoms with Crippen LogP contribution in [-0.4, -0.2) is 45.5 Å². The molecule has 1 aromatic heterocycles. The van der Waals surface area contributed by atoms with Crippen molar-refractivity contribution >= 4 is 22.9 Å². The first-order valence-corrected chi connectivity index (χ1v) is 10.5. The van der Waals surface area contributed by atoms with Crippen LogP contribution in [0.2, 0.25) is 0 Å². The third-order valence-electron chi connectivity index (χ3n) is 5.33. The van der Waals surface area contributed by atoms with E-state index in [9.17, 15) is 9.90 Å². The van der Waals surface area contributed by atoms with Crippen LogP contribution < -0.4 is 11.3 Å². The van der Waals surface area contributed by atoms with Crippen LogP contribution in [0.3, 0.4) is 0 Å². The van der Waals surface area contributed by atoms with Crippen molar-refractivity contribution in [2.45, 2.75) is 25.8 Å². The first-order chi connectivity index (χ1) is 15.1. The summed E-state index contributed by atoms with van der Waals surface area (Å²) in [5, 5.41) is 19.2. The molecule has 164 valence electrons. The maximum atomic E-state index is 11.1. The predicted octanol–water partition coefficient (Wildman–Crippen LogP) is 2.69. The van der Waals surface area contributed by atoms with Crippen molar-refractivity contribution in [3.8, 4) is 0 Å². The fourth-order valence-electron chi connectivity index (χ4n) is 3.74. The van der Waals surface area contributed by atoms with Crippen molar-refractivity contribution in [1.82, 2.24) is 15.1 Å². The minimum absolute atomic E-state index is 0.123. The van der Waals surface area contributed by atoms with Gasteiger partial charge in [0.05, 0.1) is 12.1 Å². The summed E-state index contributed by atoms with van der Waals surface area (Å²) in [4.78, 5) is 13.3. The molecule has 0 atom stereocenters. The van der Waals surface area contributed by atoms with Gasteiger partial charge in [-0.2, -0.15) is 0 Å². The molecule has 5 N–H and O–H groups in total. The van der Waals surface area contributed by atoms with Gasteiger partial charge in [0, 0.05) is 30.7 Å². The lowest BCUT2D eigenvalue weighted by atomic mass is 10.1. The normalized spacial score (nSPS) is 11.6. The highest BCUT2D eigenvalue weighted by Gasteiger charge is 2.08. The van der Waals surface area contributed by atoms with Gasteiger partial charge < -0.3 is 10.9 Å². The van der Waals surface area contributed by atoms with Gasteiger partial charge in [-0.15, -0.1) is 0 Å². The Kier molecular flexibility index (Phi) is 8.23. The molecule has 0 aliphatic carbocycles. The molecule has 31 heavy (non-hydrogen) atoms. The number of nitrogens with two attached hydrogens (primary N) is 1. The molecule has 0 saturated heterocycles.